The molecule has 22 heavy (non-hydrogen) atoms. The second kappa shape index (κ2) is 6.78. The van der Waals surface area contributed by atoms with Gasteiger partial charge in [0.1, 0.15) is 4.90 Å². The maximum absolute atomic E-state index is 12.8. The van der Waals surface area contributed by atoms with E-state index in [4.69, 9.17) is 4.74 Å². The molecular formula is C14H23N3O4S. The fourth-order valence-corrected chi connectivity index (χ4v) is 4.44. The Morgan fingerprint density at radius 2 is 2.18 bits per heavy atom. The van der Waals surface area contributed by atoms with Gasteiger partial charge < -0.3 is 4.74 Å². The molecule has 0 radical (unpaired) electrons. The van der Waals surface area contributed by atoms with Crippen molar-refractivity contribution in [2.75, 3.05) is 19.7 Å². The van der Waals surface area contributed by atoms with Gasteiger partial charge in [0.15, 0.2) is 0 Å². The van der Waals surface area contributed by atoms with Crippen molar-refractivity contribution < 1.29 is 17.9 Å². The van der Waals surface area contributed by atoms with Crippen LogP contribution in [0.5, 0.6) is 0 Å². The SMILES string of the molecule is CCOC(=O)[C@H]1CCCN(S(=O)(=O)c2cnn(CC)c2C)C1. The average molecular weight is 329 g/mol. The van der Waals surface area contributed by atoms with Gasteiger partial charge in [-0.25, -0.2) is 8.42 Å². The maximum atomic E-state index is 12.8. The van der Waals surface area contributed by atoms with Gasteiger partial charge in [0.25, 0.3) is 0 Å². The lowest BCUT2D eigenvalue weighted by atomic mass is 10.0. The highest BCUT2D eigenvalue weighted by molar-refractivity contribution is 7.89. The summed E-state index contributed by atoms with van der Waals surface area (Å²) in [5.41, 5.74) is 0.626. The summed E-state index contributed by atoms with van der Waals surface area (Å²) in [6.07, 6.45) is 2.71. The maximum Gasteiger partial charge on any atom is 0.310 e. The van der Waals surface area contributed by atoms with E-state index in [0.717, 1.165) is 0 Å². The zero-order valence-corrected chi connectivity index (χ0v) is 14.1. The van der Waals surface area contributed by atoms with Crippen LogP contribution in [0.3, 0.4) is 0 Å². The van der Waals surface area contributed by atoms with Crippen LogP contribution in [0.4, 0.5) is 0 Å². The van der Waals surface area contributed by atoms with Crippen LogP contribution in [0.25, 0.3) is 0 Å². The molecule has 0 saturated carbocycles. The minimum Gasteiger partial charge on any atom is -0.466 e. The summed E-state index contributed by atoms with van der Waals surface area (Å²) in [6, 6.07) is 0. The van der Waals surface area contributed by atoms with Crippen molar-refractivity contribution >= 4 is 16.0 Å². The lowest BCUT2D eigenvalue weighted by Gasteiger charge is -2.30. The van der Waals surface area contributed by atoms with Gasteiger partial charge in [-0.2, -0.15) is 9.40 Å². The van der Waals surface area contributed by atoms with E-state index < -0.39 is 10.0 Å². The lowest BCUT2D eigenvalue weighted by Crippen LogP contribution is -2.42. The lowest BCUT2D eigenvalue weighted by molar-refractivity contribution is -0.149. The van der Waals surface area contributed by atoms with Crippen LogP contribution >= 0.6 is 0 Å². The van der Waals surface area contributed by atoms with Crippen LogP contribution in [0.1, 0.15) is 32.4 Å². The quantitative estimate of drug-likeness (QED) is 0.758. The van der Waals surface area contributed by atoms with Gasteiger partial charge in [-0.05, 0) is 33.6 Å². The molecule has 1 aromatic heterocycles. The molecule has 2 heterocycles. The number of esters is 1. The number of ether oxygens (including phenoxy) is 1. The largest absolute Gasteiger partial charge is 0.466 e. The fourth-order valence-electron chi connectivity index (χ4n) is 2.75. The summed E-state index contributed by atoms with van der Waals surface area (Å²) in [4.78, 5) is 12.1. The third kappa shape index (κ3) is 3.17. The summed E-state index contributed by atoms with van der Waals surface area (Å²) < 4.78 is 33.6. The second-order valence-electron chi connectivity index (χ2n) is 5.36. The molecule has 1 saturated heterocycles. The second-order valence-corrected chi connectivity index (χ2v) is 7.27. The molecular weight excluding hydrogens is 306 g/mol. The van der Waals surface area contributed by atoms with E-state index in [2.05, 4.69) is 5.10 Å². The first kappa shape index (κ1) is 17.0. The average Bonchev–Trinajstić information content (AvgIpc) is 2.89. The number of aromatic nitrogens is 2. The third-order valence-corrected chi connectivity index (χ3v) is 5.95. The van der Waals surface area contributed by atoms with E-state index in [9.17, 15) is 13.2 Å². The number of rotatable bonds is 5. The predicted octanol–water partition coefficient (Wildman–Crippen LogP) is 1.18. The first-order chi connectivity index (χ1) is 10.4. The molecule has 1 aromatic rings. The number of sulfonamides is 1. The van der Waals surface area contributed by atoms with E-state index >= 15 is 0 Å². The van der Waals surface area contributed by atoms with Crippen LogP contribution in [-0.2, 0) is 26.1 Å². The van der Waals surface area contributed by atoms with E-state index in [1.54, 1.807) is 18.5 Å². The van der Waals surface area contributed by atoms with Gasteiger partial charge in [0.2, 0.25) is 10.0 Å². The van der Waals surface area contributed by atoms with E-state index in [1.165, 1.54) is 10.5 Å². The van der Waals surface area contributed by atoms with Gasteiger partial charge in [0, 0.05) is 19.6 Å². The minimum absolute atomic E-state index is 0.178. The fraction of sp³-hybridized carbons (Fsp3) is 0.714. The van der Waals surface area contributed by atoms with Crippen LogP contribution in [0.2, 0.25) is 0 Å². The Morgan fingerprint density at radius 1 is 1.45 bits per heavy atom. The standard InChI is InChI=1S/C14H23N3O4S/c1-4-17-11(3)13(9-15-17)22(19,20)16-8-6-7-12(10-16)14(18)21-5-2/h9,12H,4-8,10H2,1-3H3/t12-/m0/s1. The van der Waals surface area contributed by atoms with Crippen LogP contribution in [0, 0.1) is 12.8 Å². The van der Waals surface area contributed by atoms with Crippen molar-refractivity contribution in [1.29, 1.82) is 0 Å². The molecule has 2 rings (SSSR count). The molecule has 0 amide bonds. The zero-order valence-electron chi connectivity index (χ0n) is 13.3. The number of aryl methyl sites for hydroxylation is 1. The van der Waals surface area contributed by atoms with Crippen LogP contribution in [-0.4, -0.2) is 48.2 Å². The van der Waals surface area contributed by atoms with Gasteiger partial charge in [-0.15, -0.1) is 0 Å². The zero-order chi connectivity index (χ0) is 16.3. The molecule has 0 spiro atoms. The Labute approximate surface area is 131 Å². The highest BCUT2D eigenvalue weighted by Gasteiger charge is 2.35. The number of carbonyl (C=O) groups is 1. The van der Waals surface area contributed by atoms with Gasteiger partial charge in [-0.3, -0.25) is 9.48 Å². The molecule has 8 heteroatoms. The van der Waals surface area contributed by atoms with Gasteiger partial charge in [0.05, 0.1) is 24.4 Å². The van der Waals surface area contributed by atoms with Crippen molar-refractivity contribution in [3.63, 3.8) is 0 Å². The van der Waals surface area contributed by atoms with E-state index in [1.807, 2.05) is 6.92 Å². The minimum atomic E-state index is -3.62. The molecule has 0 bridgehead atoms. The molecule has 7 nitrogen and oxygen atoms in total. The summed E-state index contributed by atoms with van der Waals surface area (Å²) >= 11 is 0. The monoisotopic (exact) mass is 329 g/mol. The van der Waals surface area contributed by atoms with Crippen molar-refractivity contribution in [2.45, 2.75) is 45.1 Å². The molecule has 0 N–H and O–H groups in total. The van der Waals surface area contributed by atoms with Crippen molar-refractivity contribution in [3.8, 4) is 0 Å². The van der Waals surface area contributed by atoms with E-state index in [-0.39, 0.29) is 23.3 Å². The van der Waals surface area contributed by atoms with Crippen molar-refractivity contribution in [1.82, 2.24) is 14.1 Å². The first-order valence-corrected chi connectivity index (χ1v) is 9.05. The molecule has 1 fully saturated rings. The highest BCUT2D eigenvalue weighted by Crippen LogP contribution is 2.26. The van der Waals surface area contributed by atoms with Crippen LogP contribution < -0.4 is 0 Å². The Hall–Kier alpha value is -1.41. The number of hydrogen-bond donors (Lipinski definition) is 0. The van der Waals surface area contributed by atoms with Gasteiger partial charge >= 0.3 is 5.97 Å². The molecule has 0 unspecified atom stereocenters. The molecule has 1 aliphatic heterocycles. The first-order valence-electron chi connectivity index (χ1n) is 7.61. The normalized spacial score (nSPS) is 20.0. The van der Waals surface area contributed by atoms with Crippen molar-refractivity contribution in [3.05, 3.63) is 11.9 Å². The summed E-state index contributed by atoms with van der Waals surface area (Å²) in [5, 5.41) is 4.10. The molecule has 0 aromatic carbocycles. The molecule has 0 aliphatic carbocycles. The number of nitrogens with zero attached hydrogens (tertiary/aromatic N) is 3. The third-order valence-electron chi connectivity index (χ3n) is 3.98. The number of piperidine rings is 1. The summed E-state index contributed by atoms with van der Waals surface area (Å²) in [5.74, 6) is -0.701. The highest BCUT2D eigenvalue weighted by atomic mass is 32.2. The topological polar surface area (TPSA) is 81.5 Å². The molecule has 1 aliphatic rings. The summed E-state index contributed by atoms with van der Waals surface area (Å²) in [6.45, 7) is 6.94. The Kier molecular flexibility index (Phi) is 5.23. The van der Waals surface area contributed by atoms with Crippen molar-refractivity contribution in [2.24, 2.45) is 5.92 Å². The predicted molar refractivity (Wildman–Crippen MR) is 80.8 cm³/mol. The number of hydrogen-bond acceptors (Lipinski definition) is 5. The Bertz CT molecular complexity index is 639. The van der Waals surface area contributed by atoms with Crippen LogP contribution in [0.15, 0.2) is 11.1 Å². The summed E-state index contributed by atoms with van der Waals surface area (Å²) in [7, 11) is -3.62. The number of carbonyl (C=O) groups excluding carboxylic acids is 1. The smallest absolute Gasteiger partial charge is 0.310 e. The van der Waals surface area contributed by atoms with E-state index in [0.29, 0.717) is 38.2 Å². The Morgan fingerprint density at radius 3 is 2.77 bits per heavy atom. The molecule has 124 valence electrons. The molecule has 1 atom stereocenters. The Balaban J connectivity index is 2.21. The van der Waals surface area contributed by atoms with Gasteiger partial charge in [-0.1, -0.05) is 0 Å².